The van der Waals surface area contributed by atoms with Crippen LogP contribution in [-0.4, -0.2) is 26.1 Å². The van der Waals surface area contributed by atoms with E-state index >= 15 is 0 Å². The van der Waals surface area contributed by atoms with Crippen molar-refractivity contribution in [3.8, 4) is 23.8 Å². The van der Waals surface area contributed by atoms with Gasteiger partial charge in [-0.15, -0.1) is 6.42 Å². The Morgan fingerprint density at radius 1 is 1.39 bits per heavy atom. The summed E-state index contributed by atoms with van der Waals surface area (Å²) in [6.45, 7) is -1.45. The molecule has 1 aromatic rings. The number of hydrogen-bond donors (Lipinski definition) is 0. The Morgan fingerprint density at radius 3 is 2.56 bits per heavy atom. The summed E-state index contributed by atoms with van der Waals surface area (Å²) in [4.78, 5) is 0. The minimum absolute atomic E-state index is 0.0998. The molecule has 0 saturated carbocycles. The molecule has 98 valence electrons. The van der Waals surface area contributed by atoms with Gasteiger partial charge < -0.3 is 9.47 Å². The Bertz CT molecular complexity index is 452. The smallest absolute Gasteiger partial charge is 0.340 e. The standard InChI is InChI=1S/C12H10F4O2/c1-3-8-4-5-9(17-2)6-10(8)18-7-12(15,16)11(13)14/h1,4-6,11H,7H2,2H3. The fourth-order valence-corrected chi connectivity index (χ4v) is 1.11. The highest BCUT2D eigenvalue weighted by Gasteiger charge is 2.41. The van der Waals surface area contributed by atoms with Crippen molar-refractivity contribution in [2.75, 3.05) is 13.7 Å². The van der Waals surface area contributed by atoms with Crippen LogP contribution in [0.3, 0.4) is 0 Å². The Balaban J connectivity index is 2.87. The molecule has 0 aliphatic rings. The van der Waals surface area contributed by atoms with Crippen LogP contribution < -0.4 is 9.47 Å². The van der Waals surface area contributed by atoms with Gasteiger partial charge in [0.05, 0.1) is 12.7 Å². The van der Waals surface area contributed by atoms with Crippen molar-refractivity contribution in [2.24, 2.45) is 0 Å². The zero-order chi connectivity index (χ0) is 13.8. The van der Waals surface area contributed by atoms with E-state index in [4.69, 9.17) is 11.2 Å². The molecular formula is C12H10F4O2. The monoisotopic (exact) mass is 262 g/mol. The summed E-state index contributed by atoms with van der Waals surface area (Å²) in [7, 11) is 1.36. The second-order valence-electron chi connectivity index (χ2n) is 3.36. The summed E-state index contributed by atoms with van der Waals surface area (Å²) in [5, 5.41) is 0. The Labute approximate surface area is 102 Å². The second-order valence-corrected chi connectivity index (χ2v) is 3.36. The van der Waals surface area contributed by atoms with Gasteiger partial charge in [-0.25, -0.2) is 8.78 Å². The fraction of sp³-hybridized carbons (Fsp3) is 0.333. The van der Waals surface area contributed by atoms with E-state index in [1.807, 2.05) is 0 Å². The van der Waals surface area contributed by atoms with Gasteiger partial charge in [0.1, 0.15) is 11.5 Å². The average Bonchev–Trinajstić information content (AvgIpc) is 2.35. The zero-order valence-corrected chi connectivity index (χ0v) is 9.42. The van der Waals surface area contributed by atoms with Crippen LogP contribution >= 0.6 is 0 Å². The molecule has 0 aliphatic carbocycles. The predicted molar refractivity (Wildman–Crippen MR) is 57.4 cm³/mol. The maximum atomic E-state index is 12.7. The first-order valence-electron chi connectivity index (χ1n) is 4.84. The van der Waals surface area contributed by atoms with E-state index in [-0.39, 0.29) is 11.3 Å². The number of alkyl halides is 4. The summed E-state index contributed by atoms with van der Waals surface area (Å²) < 4.78 is 58.8. The summed E-state index contributed by atoms with van der Waals surface area (Å²) >= 11 is 0. The molecule has 0 bridgehead atoms. The number of benzene rings is 1. The molecule has 0 unspecified atom stereocenters. The van der Waals surface area contributed by atoms with Crippen molar-refractivity contribution in [3.05, 3.63) is 23.8 Å². The number of ether oxygens (including phenoxy) is 2. The molecule has 2 nitrogen and oxygen atoms in total. The molecule has 0 N–H and O–H groups in total. The van der Waals surface area contributed by atoms with Gasteiger partial charge in [0, 0.05) is 6.07 Å². The normalized spacial score (nSPS) is 11.2. The number of halogens is 4. The van der Waals surface area contributed by atoms with Gasteiger partial charge in [0.2, 0.25) is 0 Å². The lowest BCUT2D eigenvalue weighted by Crippen LogP contribution is -2.33. The van der Waals surface area contributed by atoms with Gasteiger partial charge in [-0.1, -0.05) is 5.92 Å². The van der Waals surface area contributed by atoms with Crippen LogP contribution in [0.1, 0.15) is 5.56 Å². The molecule has 0 atom stereocenters. The van der Waals surface area contributed by atoms with Gasteiger partial charge in [-0.3, -0.25) is 0 Å². The van der Waals surface area contributed by atoms with Gasteiger partial charge in [-0.05, 0) is 12.1 Å². The van der Waals surface area contributed by atoms with E-state index in [2.05, 4.69) is 10.7 Å². The van der Waals surface area contributed by atoms with E-state index < -0.39 is 19.0 Å². The van der Waals surface area contributed by atoms with Crippen LogP contribution in [0.25, 0.3) is 0 Å². The van der Waals surface area contributed by atoms with Crippen LogP contribution in [-0.2, 0) is 0 Å². The predicted octanol–water partition coefficient (Wildman–Crippen LogP) is 2.96. The molecule has 0 aromatic heterocycles. The molecule has 1 aromatic carbocycles. The molecule has 0 saturated heterocycles. The molecule has 18 heavy (non-hydrogen) atoms. The third-order valence-corrected chi connectivity index (χ3v) is 2.08. The van der Waals surface area contributed by atoms with E-state index in [9.17, 15) is 17.6 Å². The summed E-state index contributed by atoms with van der Waals surface area (Å²) in [6, 6.07) is 4.18. The topological polar surface area (TPSA) is 18.5 Å². The average molecular weight is 262 g/mol. The highest BCUT2D eigenvalue weighted by atomic mass is 19.3. The third kappa shape index (κ3) is 3.29. The highest BCUT2D eigenvalue weighted by molar-refractivity contribution is 5.48. The Hall–Kier alpha value is -1.90. The highest BCUT2D eigenvalue weighted by Crippen LogP contribution is 2.28. The molecule has 6 heteroatoms. The van der Waals surface area contributed by atoms with Crippen molar-refractivity contribution in [3.63, 3.8) is 0 Å². The van der Waals surface area contributed by atoms with Gasteiger partial charge in [0.15, 0.2) is 6.61 Å². The van der Waals surface area contributed by atoms with Crippen LogP contribution in [0.2, 0.25) is 0 Å². The largest absolute Gasteiger partial charge is 0.497 e. The van der Waals surface area contributed by atoms with Crippen molar-refractivity contribution in [2.45, 2.75) is 12.3 Å². The minimum atomic E-state index is -4.23. The number of methoxy groups -OCH3 is 1. The maximum Gasteiger partial charge on any atom is 0.340 e. The van der Waals surface area contributed by atoms with Crippen LogP contribution in [0.15, 0.2) is 18.2 Å². The first-order chi connectivity index (χ1) is 8.40. The summed E-state index contributed by atoms with van der Waals surface area (Å²) in [5.41, 5.74) is 0.181. The van der Waals surface area contributed by atoms with E-state index in [0.29, 0.717) is 5.75 Å². The van der Waals surface area contributed by atoms with Gasteiger partial charge in [0.25, 0.3) is 0 Å². The molecule has 0 radical (unpaired) electrons. The summed E-state index contributed by atoms with van der Waals surface area (Å²) in [6.07, 6.45) is 1.34. The lowest BCUT2D eigenvalue weighted by molar-refractivity contribution is -0.148. The zero-order valence-electron chi connectivity index (χ0n) is 9.42. The lowest BCUT2D eigenvalue weighted by atomic mass is 10.2. The van der Waals surface area contributed by atoms with Crippen molar-refractivity contribution in [1.82, 2.24) is 0 Å². The minimum Gasteiger partial charge on any atom is -0.497 e. The Kier molecular flexibility index (Phi) is 4.43. The van der Waals surface area contributed by atoms with E-state index in [1.54, 1.807) is 0 Å². The molecule has 0 fully saturated rings. The lowest BCUT2D eigenvalue weighted by Gasteiger charge is -2.17. The number of hydrogen-bond acceptors (Lipinski definition) is 2. The SMILES string of the molecule is C#Cc1ccc(OC)cc1OCC(F)(F)C(F)F. The van der Waals surface area contributed by atoms with Gasteiger partial charge >= 0.3 is 12.3 Å². The first-order valence-corrected chi connectivity index (χ1v) is 4.84. The third-order valence-electron chi connectivity index (χ3n) is 2.08. The fourth-order valence-electron chi connectivity index (χ4n) is 1.11. The second kappa shape index (κ2) is 5.63. The first kappa shape index (κ1) is 14.2. The van der Waals surface area contributed by atoms with Crippen LogP contribution in [0, 0.1) is 12.3 Å². The van der Waals surface area contributed by atoms with E-state index in [1.165, 1.54) is 25.3 Å². The van der Waals surface area contributed by atoms with Gasteiger partial charge in [-0.2, -0.15) is 8.78 Å². The number of rotatable bonds is 5. The molecule has 0 spiro atoms. The number of terminal acetylenes is 1. The quantitative estimate of drug-likeness (QED) is 0.600. The van der Waals surface area contributed by atoms with Crippen molar-refractivity contribution < 1.29 is 27.0 Å². The van der Waals surface area contributed by atoms with E-state index in [0.717, 1.165) is 0 Å². The molecule has 1 rings (SSSR count). The summed E-state index contributed by atoms with van der Waals surface area (Å²) in [5.74, 6) is -1.80. The maximum absolute atomic E-state index is 12.7. The molecule has 0 heterocycles. The van der Waals surface area contributed by atoms with Crippen molar-refractivity contribution in [1.29, 1.82) is 0 Å². The van der Waals surface area contributed by atoms with Crippen molar-refractivity contribution >= 4 is 0 Å². The van der Waals surface area contributed by atoms with Crippen LogP contribution in [0.5, 0.6) is 11.5 Å². The Morgan fingerprint density at radius 2 is 2.06 bits per heavy atom. The van der Waals surface area contributed by atoms with Crippen LogP contribution in [0.4, 0.5) is 17.6 Å². The molecule has 0 amide bonds. The molecule has 0 aliphatic heterocycles. The molecular weight excluding hydrogens is 252 g/mol.